The maximum Gasteiger partial charge on any atom is 0.342 e. The molecule has 1 aromatic rings. The lowest BCUT2D eigenvalue weighted by Gasteiger charge is -2.16. The Bertz CT molecular complexity index is 292. The van der Waals surface area contributed by atoms with Crippen molar-refractivity contribution in [2.75, 3.05) is 0 Å². The lowest BCUT2D eigenvalue weighted by atomic mass is 10.0. The summed E-state index contributed by atoms with van der Waals surface area (Å²) in [7, 11) is 0. The van der Waals surface area contributed by atoms with Gasteiger partial charge in [-0.15, -0.1) is 39.8 Å². The van der Waals surface area contributed by atoms with Crippen LogP contribution in [0.3, 0.4) is 0 Å². The van der Waals surface area contributed by atoms with Crippen LogP contribution in [0.5, 0.6) is 0 Å². The van der Waals surface area contributed by atoms with Crippen molar-refractivity contribution >= 4 is 39.2 Å². The van der Waals surface area contributed by atoms with Crippen LogP contribution in [-0.2, 0) is 0 Å². The van der Waals surface area contributed by atoms with Crippen molar-refractivity contribution in [1.29, 1.82) is 0 Å². The molecular formula is C10H11Cl3Si. The molecule has 0 saturated heterocycles. The van der Waals surface area contributed by atoms with E-state index in [0.29, 0.717) is 6.04 Å². The van der Waals surface area contributed by atoms with Crippen LogP contribution in [0.2, 0.25) is 6.04 Å². The molecule has 1 rings (SSSR count). The van der Waals surface area contributed by atoms with Gasteiger partial charge in [-0.05, 0) is 11.6 Å². The van der Waals surface area contributed by atoms with Gasteiger partial charge in [0.05, 0.1) is 0 Å². The molecule has 4 heteroatoms. The second-order valence-corrected chi connectivity index (χ2v) is 12.3. The van der Waals surface area contributed by atoms with Crippen molar-refractivity contribution < 1.29 is 0 Å². The molecule has 0 spiro atoms. The minimum atomic E-state index is -2.58. The first kappa shape index (κ1) is 12.1. The Kier molecular flexibility index (Phi) is 4.52. The van der Waals surface area contributed by atoms with Crippen LogP contribution in [0.4, 0.5) is 0 Å². The first-order valence-electron chi connectivity index (χ1n) is 4.27. The number of allylic oxidation sites excluding steroid dienone is 1. The van der Waals surface area contributed by atoms with Crippen LogP contribution in [0, 0.1) is 0 Å². The van der Waals surface area contributed by atoms with Gasteiger partial charge in [-0.3, -0.25) is 0 Å². The Morgan fingerprint density at radius 3 is 2.21 bits per heavy atom. The molecule has 0 aliphatic carbocycles. The number of rotatable bonds is 4. The molecule has 0 radical (unpaired) electrons. The lowest BCUT2D eigenvalue weighted by molar-refractivity contribution is 0.961. The van der Waals surface area contributed by atoms with Crippen LogP contribution >= 0.6 is 33.2 Å². The highest BCUT2D eigenvalue weighted by Crippen LogP contribution is 2.34. The Balaban J connectivity index is 2.78. The predicted molar refractivity (Wildman–Crippen MR) is 67.5 cm³/mol. The SMILES string of the molecule is C=CC(C[Si](Cl)(Cl)Cl)c1ccccc1. The summed E-state index contributed by atoms with van der Waals surface area (Å²) in [6, 6.07) is 7.98. The van der Waals surface area contributed by atoms with Crippen molar-refractivity contribution in [1.82, 2.24) is 0 Å². The lowest BCUT2D eigenvalue weighted by Crippen LogP contribution is -2.13. The average Bonchev–Trinajstić information content (AvgIpc) is 2.14. The van der Waals surface area contributed by atoms with E-state index < -0.39 is 6.00 Å². The van der Waals surface area contributed by atoms with E-state index in [2.05, 4.69) is 6.58 Å². The third kappa shape index (κ3) is 4.05. The van der Waals surface area contributed by atoms with Gasteiger partial charge in [-0.2, -0.15) is 0 Å². The van der Waals surface area contributed by atoms with E-state index in [1.54, 1.807) is 0 Å². The summed E-state index contributed by atoms with van der Waals surface area (Å²) in [6.45, 7) is 3.77. The smallest absolute Gasteiger partial charge is 0.126 e. The maximum absolute atomic E-state index is 5.88. The van der Waals surface area contributed by atoms with E-state index in [4.69, 9.17) is 33.2 Å². The molecule has 0 heterocycles. The molecule has 76 valence electrons. The number of halogens is 3. The van der Waals surface area contributed by atoms with E-state index in [1.807, 2.05) is 36.4 Å². The number of hydrogen-bond donors (Lipinski definition) is 0. The summed E-state index contributed by atoms with van der Waals surface area (Å²) >= 11 is 17.6. The fourth-order valence-electron chi connectivity index (χ4n) is 1.29. The molecule has 0 aliphatic heterocycles. The Morgan fingerprint density at radius 1 is 1.21 bits per heavy atom. The normalized spacial score (nSPS) is 13.6. The van der Waals surface area contributed by atoms with Gasteiger partial charge in [-0.25, -0.2) is 0 Å². The molecule has 1 unspecified atom stereocenters. The zero-order valence-electron chi connectivity index (χ0n) is 7.59. The first-order chi connectivity index (χ1) is 6.53. The second kappa shape index (κ2) is 5.22. The molecule has 0 aromatic heterocycles. The fraction of sp³-hybridized carbons (Fsp3) is 0.200. The van der Waals surface area contributed by atoms with Crippen molar-refractivity contribution in [3.8, 4) is 0 Å². The van der Waals surface area contributed by atoms with Gasteiger partial charge in [0.15, 0.2) is 0 Å². The molecule has 0 saturated carbocycles. The van der Waals surface area contributed by atoms with Gasteiger partial charge in [0, 0.05) is 5.92 Å². The van der Waals surface area contributed by atoms with E-state index >= 15 is 0 Å². The highest BCUT2D eigenvalue weighted by atomic mass is 35.8. The zero-order chi connectivity index (χ0) is 10.6. The minimum absolute atomic E-state index is 0.148. The summed E-state index contributed by atoms with van der Waals surface area (Å²) in [6.07, 6.45) is 1.84. The molecular weight excluding hydrogens is 255 g/mol. The third-order valence-electron chi connectivity index (χ3n) is 1.96. The first-order valence-corrected chi connectivity index (χ1v) is 9.51. The van der Waals surface area contributed by atoms with E-state index in [1.165, 1.54) is 0 Å². The van der Waals surface area contributed by atoms with E-state index in [9.17, 15) is 0 Å². The van der Waals surface area contributed by atoms with Crippen LogP contribution in [0.25, 0.3) is 0 Å². The summed E-state index contributed by atoms with van der Waals surface area (Å²) in [5.74, 6) is 0.148. The Labute approximate surface area is 99.6 Å². The zero-order valence-corrected chi connectivity index (χ0v) is 10.9. The summed E-state index contributed by atoms with van der Waals surface area (Å²) < 4.78 is 0. The average molecular weight is 266 g/mol. The maximum atomic E-state index is 5.88. The van der Waals surface area contributed by atoms with Gasteiger partial charge in [0.25, 0.3) is 0 Å². The molecule has 0 amide bonds. The molecule has 0 nitrogen and oxygen atoms in total. The highest BCUT2D eigenvalue weighted by Gasteiger charge is 2.28. The van der Waals surface area contributed by atoms with Gasteiger partial charge in [0.1, 0.15) is 0 Å². The molecule has 0 bridgehead atoms. The predicted octanol–water partition coefficient (Wildman–Crippen LogP) is 4.61. The van der Waals surface area contributed by atoms with Crippen LogP contribution in [0.15, 0.2) is 43.0 Å². The molecule has 0 N–H and O–H groups in total. The minimum Gasteiger partial charge on any atom is -0.126 e. The van der Waals surface area contributed by atoms with E-state index in [-0.39, 0.29) is 5.92 Å². The molecule has 0 aliphatic rings. The van der Waals surface area contributed by atoms with Crippen molar-refractivity contribution in [2.45, 2.75) is 12.0 Å². The largest absolute Gasteiger partial charge is 0.342 e. The Hall–Kier alpha value is 0.0469. The summed E-state index contributed by atoms with van der Waals surface area (Å²) in [5.41, 5.74) is 1.15. The third-order valence-corrected chi connectivity index (χ3v) is 4.26. The standard InChI is InChI=1S/C10H11Cl3Si/c1-2-9(8-14(11,12)13)10-6-4-3-5-7-10/h2-7,9H,1,8H2. The molecule has 1 atom stereocenters. The number of hydrogen-bond acceptors (Lipinski definition) is 0. The fourth-order valence-corrected chi connectivity index (χ4v) is 3.68. The Morgan fingerprint density at radius 2 is 1.79 bits per heavy atom. The van der Waals surface area contributed by atoms with Crippen LogP contribution < -0.4 is 0 Å². The van der Waals surface area contributed by atoms with Crippen molar-refractivity contribution in [2.24, 2.45) is 0 Å². The van der Waals surface area contributed by atoms with Crippen molar-refractivity contribution in [3.05, 3.63) is 48.6 Å². The van der Waals surface area contributed by atoms with Crippen LogP contribution in [0.1, 0.15) is 11.5 Å². The summed E-state index contributed by atoms with van der Waals surface area (Å²) in [5, 5.41) is 0. The molecule has 1 aromatic carbocycles. The van der Waals surface area contributed by atoms with Gasteiger partial charge in [0.2, 0.25) is 0 Å². The highest BCUT2D eigenvalue weighted by molar-refractivity contribution is 7.64. The van der Waals surface area contributed by atoms with Crippen LogP contribution in [-0.4, -0.2) is 6.00 Å². The molecule has 0 fully saturated rings. The topological polar surface area (TPSA) is 0 Å². The van der Waals surface area contributed by atoms with Gasteiger partial charge < -0.3 is 0 Å². The quantitative estimate of drug-likeness (QED) is 0.424. The van der Waals surface area contributed by atoms with Gasteiger partial charge in [-0.1, -0.05) is 36.4 Å². The van der Waals surface area contributed by atoms with E-state index in [0.717, 1.165) is 5.56 Å². The van der Waals surface area contributed by atoms with Gasteiger partial charge >= 0.3 is 6.00 Å². The number of benzene rings is 1. The van der Waals surface area contributed by atoms with Crippen molar-refractivity contribution in [3.63, 3.8) is 0 Å². The summed E-state index contributed by atoms with van der Waals surface area (Å²) in [4.78, 5) is 0. The monoisotopic (exact) mass is 264 g/mol. The second-order valence-electron chi connectivity index (χ2n) is 3.07. The molecule has 14 heavy (non-hydrogen) atoms.